The predicted octanol–water partition coefficient (Wildman–Crippen LogP) is 2.20. The van der Waals surface area contributed by atoms with Gasteiger partial charge in [0.2, 0.25) is 10.0 Å². The van der Waals surface area contributed by atoms with Crippen LogP contribution in [0.25, 0.3) is 0 Å². The number of carbonyl (C=O) groups is 1. The van der Waals surface area contributed by atoms with Crippen LogP contribution >= 0.6 is 0 Å². The molecule has 3 rings (SSSR count). The molecule has 0 fully saturated rings. The van der Waals surface area contributed by atoms with Crippen LogP contribution in [0.3, 0.4) is 0 Å². The highest BCUT2D eigenvalue weighted by molar-refractivity contribution is 7.89. The Hall–Kier alpha value is -2.49. The second-order valence-electron chi connectivity index (χ2n) is 6.39. The Labute approximate surface area is 164 Å². The second kappa shape index (κ2) is 8.68. The van der Waals surface area contributed by atoms with Crippen molar-refractivity contribution in [3.05, 3.63) is 48.3 Å². The van der Waals surface area contributed by atoms with Crippen molar-refractivity contribution >= 4 is 21.6 Å². The standard InChI is InChI=1S/C19H23N3O5S/c1-14(16-6-3-4-9-20-16)22(10-5-11-26-2)28(24,25)15-7-8-18-17(12-15)21-19(23)13-27-18/h3-4,6-9,12,14H,5,10-11,13H2,1-2H3,(H,21,23)/t14-/m0/s1. The summed E-state index contributed by atoms with van der Waals surface area (Å²) in [6, 6.07) is 9.41. The van der Waals surface area contributed by atoms with Gasteiger partial charge in [0.05, 0.1) is 22.3 Å². The number of ether oxygens (including phenoxy) is 2. The lowest BCUT2D eigenvalue weighted by molar-refractivity contribution is -0.118. The van der Waals surface area contributed by atoms with Crippen molar-refractivity contribution in [1.82, 2.24) is 9.29 Å². The summed E-state index contributed by atoms with van der Waals surface area (Å²) >= 11 is 0. The first-order valence-corrected chi connectivity index (χ1v) is 10.4. The van der Waals surface area contributed by atoms with Gasteiger partial charge in [-0.1, -0.05) is 6.07 Å². The number of aromatic nitrogens is 1. The van der Waals surface area contributed by atoms with Gasteiger partial charge in [-0.25, -0.2) is 8.42 Å². The lowest BCUT2D eigenvalue weighted by Gasteiger charge is -2.28. The Balaban J connectivity index is 1.95. The Morgan fingerprint density at radius 1 is 1.32 bits per heavy atom. The van der Waals surface area contributed by atoms with Gasteiger partial charge in [-0.05, 0) is 43.7 Å². The maximum atomic E-state index is 13.4. The number of amides is 1. The molecule has 150 valence electrons. The van der Waals surface area contributed by atoms with Gasteiger partial charge in [-0.15, -0.1) is 0 Å². The zero-order chi connectivity index (χ0) is 20.1. The number of benzene rings is 1. The molecule has 0 saturated heterocycles. The first kappa shape index (κ1) is 20.2. The number of fused-ring (bicyclic) bond motifs is 1. The molecule has 0 saturated carbocycles. The van der Waals surface area contributed by atoms with Crippen molar-refractivity contribution in [2.45, 2.75) is 24.3 Å². The molecular weight excluding hydrogens is 382 g/mol. The minimum Gasteiger partial charge on any atom is -0.482 e. The van der Waals surface area contributed by atoms with Gasteiger partial charge in [0.15, 0.2) is 6.61 Å². The summed E-state index contributed by atoms with van der Waals surface area (Å²) in [4.78, 5) is 16.0. The minimum atomic E-state index is -3.85. The smallest absolute Gasteiger partial charge is 0.262 e. The SMILES string of the molecule is COCCCN([C@@H](C)c1ccccn1)S(=O)(=O)c1ccc2c(c1)NC(=O)CO2. The Bertz CT molecular complexity index is 934. The van der Waals surface area contributed by atoms with Crippen LogP contribution in [0, 0.1) is 0 Å². The van der Waals surface area contributed by atoms with E-state index in [1.165, 1.54) is 16.4 Å². The fourth-order valence-corrected chi connectivity index (χ4v) is 4.69. The summed E-state index contributed by atoms with van der Waals surface area (Å²) in [5.74, 6) is 0.128. The summed E-state index contributed by atoms with van der Waals surface area (Å²) in [5, 5.41) is 2.65. The topological polar surface area (TPSA) is 97.8 Å². The van der Waals surface area contributed by atoms with Crippen molar-refractivity contribution in [2.24, 2.45) is 0 Å². The highest BCUT2D eigenvalue weighted by Gasteiger charge is 2.31. The van der Waals surface area contributed by atoms with Gasteiger partial charge in [-0.3, -0.25) is 9.78 Å². The lowest BCUT2D eigenvalue weighted by Crippen LogP contribution is -2.35. The van der Waals surface area contributed by atoms with E-state index in [1.54, 1.807) is 38.4 Å². The first-order chi connectivity index (χ1) is 13.4. The van der Waals surface area contributed by atoms with Crippen molar-refractivity contribution in [1.29, 1.82) is 0 Å². The number of pyridine rings is 1. The number of rotatable bonds is 8. The van der Waals surface area contributed by atoms with Crippen molar-refractivity contribution in [2.75, 3.05) is 32.2 Å². The van der Waals surface area contributed by atoms with Crippen LogP contribution in [0.1, 0.15) is 25.1 Å². The van der Waals surface area contributed by atoms with Crippen molar-refractivity contribution < 1.29 is 22.7 Å². The van der Waals surface area contributed by atoms with E-state index in [2.05, 4.69) is 10.3 Å². The van der Waals surface area contributed by atoms with Crippen LogP contribution < -0.4 is 10.1 Å². The number of nitrogens with one attached hydrogen (secondary N) is 1. The summed E-state index contributed by atoms with van der Waals surface area (Å²) in [5.41, 5.74) is 0.998. The number of carbonyl (C=O) groups excluding carboxylic acids is 1. The van der Waals surface area contributed by atoms with Crippen LogP contribution in [0.5, 0.6) is 5.75 Å². The van der Waals surface area contributed by atoms with E-state index >= 15 is 0 Å². The number of hydrogen-bond acceptors (Lipinski definition) is 6. The Kier molecular flexibility index (Phi) is 6.28. The largest absolute Gasteiger partial charge is 0.482 e. The van der Waals surface area contributed by atoms with Gasteiger partial charge < -0.3 is 14.8 Å². The Morgan fingerprint density at radius 2 is 2.14 bits per heavy atom. The van der Waals surface area contributed by atoms with E-state index in [4.69, 9.17) is 9.47 Å². The fraction of sp³-hybridized carbons (Fsp3) is 0.368. The molecule has 28 heavy (non-hydrogen) atoms. The van der Waals surface area contributed by atoms with Crippen LogP contribution in [-0.4, -0.2) is 50.5 Å². The maximum Gasteiger partial charge on any atom is 0.262 e. The van der Waals surface area contributed by atoms with E-state index in [-0.39, 0.29) is 24.0 Å². The average molecular weight is 405 g/mol. The number of nitrogens with zero attached hydrogens (tertiary/aromatic N) is 2. The molecule has 2 heterocycles. The molecule has 0 bridgehead atoms. The molecule has 1 N–H and O–H groups in total. The van der Waals surface area contributed by atoms with E-state index in [0.29, 0.717) is 30.2 Å². The highest BCUT2D eigenvalue weighted by atomic mass is 32.2. The molecule has 1 aliphatic rings. The maximum absolute atomic E-state index is 13.4. The predicted molar refractivity (Wildman–Crippen MR) is 104 cm³/mol. The lowest BCUT2D eigenvalue weighted by atomic mass is 10.2. The zero-order valence-corrected chi connectivity index (χ0v) is 16.6. The van der Waals surface area contributed by atoms with Gasteiger partial charge in [0, 0.05) is 26.5 Å². The van der Waals surface area contributed by atoms with Crippen LogP contribution in [0.4, 0.5) is 5.69 Å². The summed E-state index contributed by atoms with van der Waals surface area (Å²) < 4.78 is 38.6. The minimum absolute atomic E-state index is 0.0808. The van der Waals surface area contributed by atoms with Crippen LogP contribution in [0.2, 0.25) is 0 Å². The van der Waals surface area contributed by atoms with Gasteiger partial charge >= 0.3 is 0 Å². The molecule has 0 radical (unpaired) electrons. The molecule has 1 atom stereocenters. The molecule has 1 aliphatic heterocycles. The van der Waals surface area contributed by atoms with Crippen molar-refractivity contribution in [3.63, 3.8) is 0 Å². The van der Waals surface area contributed by atoms with E-state index in [1.807, 2.05) is 6.07 Å². The van der Waals surface area contributed by atoms with Crippen LogP contribution in [-0.2, 0) is 19.6 Å². The summed E-state index contributed by atoms with van der Waals surface area (Å²) in [6.45, 7) is 2.43. The number of methoxy groups -OCH3 is 1. The molecule has 2 aromatic rings. The number of hydrogen-bond donors (Lipinski definition) is 1. The normalized spacial score (nSPS) is 14.9. The molecule has 1 aromatic carbocycles. The fourth-order valence-electron chi connectivity index (χ4n) is 3.02. The van der Waals surface area contributed by atoms with Crippen molar-refractivity contribution in [3.8, 4) is 5.75 Å². The third-order valence-corrected chi connectivity index (χ3v) is 6.43. The molecule has 1 amide bonds. The average Bonchev–Trinajstić information content (AvgIpc) is 2.70. The second-order valence-corrected chi connectivity index (χ2v) is 8.28. The molecule has 0 aliphatic carbocycles. The van der Waals surface area contributed by atoms with E-state index < -0.39 is 16.1 Å². The van der Waals surface area contributed by atoms with Gasteiger partial charge in [0.25, 0.3) is 5.91 Å². The molecule has 0 spiro atoms. The highest BCUT2D eigenvalue weighted by Crippen LogP contribution is 2.33. The molecule has 1 aromatic heterocycles. The third kappa shape index (κ3) is 4.32. The Morgan fingerprint density at radius 3 is 2.86 bits per heavy atom. The number of sulfonamides is 1. The molecule has 9 heteroatoms. The summed E-state index contributed by atoms with van der Waals surface area (Å²) in [6.07, 6.45) is 2.18. The first-order valence-electron chi connectivity index (χ1n) is 8.92. The summed E-state index contributed by atoms with van der Waals surface area (Å²) in [7, 11) is -2.27. The molecular formula is C19H23N3O5S. The van der Waals surface area contributed by atoms with Gasteiger partial charge in [-0.2, -0.15) is 4.31 Å². The monoisotopic (exact) mass is 405 g/mol. The van der Waals surface area contributed by atoms with Gasteiger partial charge in [0.1, 0.15) is 5.75 Å². The number of anilines is 1. The van der Waals surface area contributed by atoms with E-state index in [9.17, 15) is 13.2 Å². The third-order valence-electron chi connectivity index (χ3n) is 4.47. The quantitative estimate of drug-likeness (QED) is 0.676. The zero-order valence-electron chi connectivity index (χ0n) is 15.8. The van der Waals surface area contributed by atoms with Crippen LogP contribution in [0.15, 0.2) is 47.5 Å². The molecule has 0 unspecified atom stereocenters. The molecule has 8 nitrogen and oxygen atoms in total. The van der Waals surface area contributed by atoms with E-state index in [0.717, 1.165) is 0 Å².